The van der Waals surface area contributed by atoms with Crippen LogP contribution >= 0.6 is 0 Å². The first-order valence-corrected chi connectivity index (χ1v) is 3.71. The van der Waals surface area contributed by atoms with Crippen LogP contribution in [-0.2, 0) is 9.53 Å². The molecule has 0 saturated heterocycles. The molecule has 0 radical (unpaired) electrons. The average molecular weight is 180 g/mol. The lowest BCUT2D eigenvalue weighted by Gasteiger charge is -2.33. The number of carbonyl (C=O) groups is 1. The molecule has 12 heavy (non-hydrogen) atoms. The van der Waals surface area contributed by atoms with Crippen molar-refractivity contribution in [2.75, 3.05) is 6.61 Å². The van der Waals surface area contributed by atoms with Crippen LogP contribution in [0, 0.1) is 5.92 Å². The maximum Gasteiger partial charge on any atom is 0.329 e. The SMILES string of the molecule is O=C(O)COC1CC(C(F)F)C1. The summed E-state index contributed by atoms with van der Waals surface area (Å²) in [4.78, 5) is 9.99. The summed E-state index contributed by atoms with van der Waals surface area (Å²) in [5.74, 6) is -1.65. The van der Waals surface area contributed by atoms with Crippen molar-refractivity contribution in [1.29, 1.82) is 0 Å². The number of hydrogen-bond donors (Lipinski definition) is 1. The largest absolute Gasteiger partial charge is 0.480 e. The van der Waals surface area contributed by atoms with Gasteiger partial charge in [-0.3, -0.25) is 0 Å². The second-order valence-electron chi connectivity index (χ2n) is 2.89. The topological polar surface area (TPSA) is 46.5 Å². The van der Waals surface area contributed by atoms with Gasteiger partial charge in [-0.1, -0.05) is 0 Å². The molecule has 0 aromatic heterocycles. The summed E-state index contributed by atoms with van der Waals surface area (Å²) in [6, 6.07) is 0. The van der Waals surface area contributed by atoms with E-state index in [4.69, 9.17) is 9.84 Å². The van der Waals surface area contributed by atoms with E-state index in [1.165, 1.54) is 0 Å². The van der Waals surface area contributed by atoms with Gasteiger partial charge in [0.25, 0.3) is 0 Å². The molecule has 0 spiro atoms. The predicted octanol–water partition coefficient (Wildman–Crippen LogP) is 1.13. The molecule has 0 aromatic carbocycles. The maximum absolute atomic E-state index is 11.9. The Morgan fingerprint density at radius 1 is 1.58 bits per heavy atom. The molecule has 1 fully saturated rings. The highest BCUT2D eigenvalue weighted by atomic mass is 19.3. The van der Waals surface area contributed by atoms with Gasteiger partial charge in [0.15, 0.2) is 0 Å². The van der Waals surface area contributed by atoms with Crippen LogP contribution in [0.1, 0.15) is 12.8 Å². The summed E-state index contributed by atoms with van der Waals surface area (Å²) in [6.07, 6.45) is -2.01. The van der Waals surface area contributed by atoms with E-state index in [1.54, 1.807) is 0 Å². The molecule has 1 N–H and O–H groups in total. The van der Waals surface area contributed by atoms with E-state index in [0.717, 1.165) is 0 Å². The van der Waals surface area contributed by atoms with Crippen LogP contribution in [0.3, 0.4) is 0 Å². The fourth-order valence-electron chi connectivity index (χ4n) is 1.14. The number of carboxylic acids is 1. The van der Waals surface area contributed by atoms with Crippen LogP contribution in [0.2, 0.25) is 0 Å². The number of halogens is 2. The molecule has 1 aliphatic rings. The second-order valence-corrected chi connectivity index (χ2v) is 2.89. The summed E-state index contributed by atoms with van der Waals surface area (Å²) in [6.45, 7) is -0.388. The molecule has 0 aromatic rings. The molecule has 0 atom stereocenters. The minimum atomic E-state index is -2.30. The number of ether oxygens (including phenoxy) is 1. The molecule has 0 heterocycles. The van der Waals surface area contributed by atoms with E-state index in [2.05, 4.69) is 0 Å². The smallest absolute Gasteiger partial charge is 0.329 e. The fraction of sp³-hybridized carbons (Fsp3) is 0.857. The highest BCUT2D eigenvalue weighted by Crippen LogP contribution is 2.34. The Morgan fingerprint density at radius 3 is 2.58 bits per heavy atom. The lowest BCUT2D eigenvalue weighted by atomic mass is 9.83. The highest BCUT2D eigenvalue weighted by Gasteiger charge is 2.36. The van der Waals surface area contributed by atoms with E-state index in [1.807, 2.05) is 0 Å². The van der Waals surface area contributed by atoms with Crippen LogP contribution in [0.25, 0.3) is 0 Å². The first kappa shape index (κ1) is 9.38. The molecule has 3 nitrogen and oxygen atoms in total. The van der Waals surface area contributed by atoms with Gasteiger partial charge in [0.2, 0.25) is 6.43 Å². The summed E-state index contributed by atoms with van der Waals surface area (Å²) in [7, 11) is 0. The van der Waals surface area contributed by atoms with Gasteiger partial charge in [0.05, 0.1) is 6.10 Å². The molecule has 70 valence electrons. The number of rotatable bonds is 4. The number of carboxylic acid groups (broad SMARTS) is 1. The Morgan fingerprint density at radius 2 is 2.17 bits per heavy atom. The van der Waals surface area contributed by atoms with Crippen molar-refractivity contribution in [1.82, 2.24) is 0 Å². The van der Waals surface area contributed by atoms with Crippen LogP contribution in [-0.4, -0.2) is 30.2 Å². The zero-order valence-electron chi connectivity index (χ0n) is 6.37. The van der Waals surface area contributed by atoms with E-state index < -0.39 is 18.3 Å². The number of hydrogen-bond acceptors (Lipinski definition) is 2. The van der Waals surface area contributed by atoms with Gasteiger partial charge < -0.3 is 9.84 Å². The van der Waals surface area contributed by atoms with Gasteiger partial charge in [0.1, 0.15) is 6.61 Å². The number of aliphatic carboxylic acids is 1. The molecule has 1 saturated carbocycles. The lowest BCUT2D eigenvalue weighted by molar-refractivity contribution is -0.150. The normalized spacial score (nSPS) is 28.6. The molecule has 0 aliphatic heterocycles. The molecule has 1 aliphatic carbocycles. The Kier molecular flexibility index (Phi) is 2.97. The van der Waals surface area contributed by atoms with Gasteiger partial charge in [-0.2, -0.15) is 0 Å². The Labute approximate surface area is 68.3 Å². The minimum absolute atomic E-state index is 0.278. The van der Waals surface area contributed by atoms with Crippen molar-refractivity contribution in [2.24, 2.45) is 5.92 Å². The molecular formula is C7H10F2O3. The van der Waals surface area contributed by atoms with Crippen molar-refractivity contribution in [3.05, 3.63) is 0 Å². The molecule has 5 heteroatoms. The summed E-state index contributed by atoms with van der Waals surface area (Å²) in [5.41, 5.74) is 0. The minimum Gasteiger partial charge on any atom is -0.480 e. The quantitative estimate of drug-likeness (QED) is 0.705. The zero-order valence-corrected chi connectivity index (χ0v) is 6.37. The van der Waals surface area contributed by atoms with Gasteiger partial charge in [-0.15, -0.1) is 0 Å². The van der Waals surface area contributed by atoms with Gasteiger partial charge in [-0.25, -0.2) is 13.6 Å². The average Bonchev–Trinajstić information content (AvgIpc) is 1.82. The molecule has 1 rings (SSSR count). The zero-order chi connectivity index (χ0) is 9.14. The van der Waals surface area contributed by atoms with Crippen LogP contribution in [0.4, 0.5) is 8.78 Å². The molecule has 0 unspecified atom stereocenters. The van der Waals surface area contributed by atoms with Crippen molar-refractivity contribution in [2.45, 2.75) is 25.4 Å². The lowest BCUT2D eigenvalue weighted by Crippen LogP contribution is -2.36. The van der Waals surface area contributed by atoms with Gasteiger partial charge in [-0.05, 0) is 12.8 Å². The summed E-state index contributed by atoms with van der Waals surface area (Å²) in [5, 5.41) is 8.18. The Hall–Kier alpha value is -0.710. The standard InChI is InChI=1S/C7H10F2O3/c8-7(9)4-1-5(2-4)12-3-6(10)11/h4-5,7H,1-3H2,(H,10,11). The van der Waals surface area contributed by atoms with Gasteiger partial charge >= 0.3 is 5.97 Å². The van der Waals surface area contributed by atoms with Crippen LogP contribution in [0.15, 0.2) is 0 Å². The predicted molar refractivity (Wildman–Crippen MR) is 36.1 cm³/mol. The van der Waals surface area contributed by atoms with Gasteiger partial charge in [0, 0.05) is 5.92 Å². The monoisotopic (exact) mass is 180 g/mol. The molecule has 0 amide bonds. The third-order valence-electron chi connectivity index (χ3n) is 1.93. The van der Waals surface area contributed by atoms with E-state index in [-0.39, 0.29) is 25.6 Å². The Bertz CT molecular complexity index is 166. The van der Waals surface area contributed by atoms with E-state index in [0.29, 0.717) is 0 Å². The first-order chi connectivity index (χ1) is 5.59. The highest BCUT2D eigenvalue weighted by molar-refractivity contribution is 5.68. The molecule has 0 bridgehead atoms. The van der Waals surface area contributed by atoms with Crippen molar-refractivity contribution < 1.29 is 23.4 Å². The van der Waals surface area contributed by atoms with E-state index in [9.17, 15) is 13.6 Å². The van der Waals surface area contributed by atoms with E-state index >= 15 is 0 Å². The fourth-order valence-corrected chi connectivity index (χ4v) is 1.14. The third kappa shape index (κ3) is 2.41. The van der Waals surface area contributed by atoms with Crippen molar-refractivity contribution >= 4 is 5.97 Å². The third-order valence-corrected chi connectivity index (χ3v) is 1.93. The second kappa shape index (κ2) is 3.80. The number of alkyl halides is 2. The van der Waals surface area contributed by atoms with Crippen LogP contribution < -0.4 is 0 Å². The van der Waals surface area contributed by atoms with Crippen molar-refractivity contribution in [3.63, 3.8) is 0 Å². The summed E-state index contributed by atoms with van der Waals surface area (Å²) < 4.78 is 28.5. The molecular weight excluding hydrogens is 170 g/mol. The van der Waals surface area contributed by atoms with Crippen LogP contribution in [0.5, 0.6) is 0 Å². The maximum atomic E-state index is 11.9. The Balaban J connectivity index is 2.06. The van der Waals surface area contributed by atoms with Crippen molar-refractivity contribution in [3.8, 4) is 0 Å². The summed E-state index contributed by atoms with van der Waals surface area (Å²) >= 11 is 0. The first-order valence-electron chi connectivity index (χ1n) is 3.71.